The first kappa shape index (κ1) is 21.4. The minimum Gasteiger partial charge on any atom is -0.495 e. The van der Waals surface area contributed by atoms with Gasteiger partial charge in [0.1, 0.15) is 5.75 Å². The molecule has 30 heavy (non-hydrogen) atoms. The monoisotopic (exact) mass is 429 g/mol. The summed E-state index contributed by atoms with van der Waals surface area (Å²) in [5, 5.41) is 0.732. The van der Waals surface area contributed by atoms with Crippen LogP contribution in [0.2, 0.25) is 0 Å². The molecule has 6 nitrogen and oxygen atoms in total. The van der Waals surface area contributed by atoms with Crippen LogP contribution in [0, 0.1) is 0 Å². The Labute approximate surface area is 184 Å². The van der Waals surface area contributed by atoms with Crippen molar-refractivity contribution in [2.75, 3.05) is 63.6 Å². The Morgan fingerprint density at radius 3 is 2.77 bits per heavy atom. The highest BCUT2D eigenvalue weighted by molar-refractivity contribution is 7.15. The molecular formula is C23H35N5OS. The maximum atomic E-state index is 5.94. The SMILES string of the molecule is CCCN(CCN1CCN(c2ccccc2OC)CC1)[C@H]1CCc2nc(N)sc2C1. The summed E-state index contributed by atoms with van der Waals surface area (Å²) >= 11 is 1.69. The lowest BCUT2D eigenvalue weighted by molar-refractivity contribution is 0.146. The van der Waals surface area contributed by atoms with Crippen molar-refractivity contribution in [1.82, 2.24) is 14.8 Å². The highest BCUT2D eigenvalue weighted by Crippen LogP contribution is 2.31. The molecule has 164 valence electrons. The molecule has 1 saturated heterocycles. The van der Waals surface area contributed by atoms with Crippen molar-refractivity contribution >= 4 is 22.2 Å². The van der Waals surface area contributed by atoms with Crippen LogP contribution in [0.4, 0.5) is 10.8 Å². The van der Waals surface area contributed by atoms with Gasteiger partial charge in [0.25, 0.3) is 0 Å². The second-order valence-corrected chi connectivity index (χ2v) is 9.47. The Balaban J connectivity index is 1.29. The second-order valence-electron chi connectivity index (χ2n) is 8.36. The van der Waals surface area contributed by atoms with Gasteiger partial charge in [0.05, 0.1) is 18.5 Å². The zero-order valence-corrected chi connectivity index (χ0v) is 19.2. The van der Waals surface area contributed by atoms with Crippen LogP contribution < -0.4 is 15.4 Å². The summed E-state index contributed by atoms with van der Waals surface area (Å²) in [6.07, 6.45) is 4.60. The van der Waals surface area contributed by atoms with E-state index in [-0.39, 0.29) is 0 Å². The van der Waals surface area contributed by atoms with E-state index in [2.05, 4.69) is 44.8 Å². The number of nitrogen functional groups attached to an aromatic ring is 1. The maximum absolute atomic E-state index is 5.94. The summed E-state index contributed by atoms with van der Waals surface area (Å²) in [4.78, 5) is 13.7. The fraction of sp³-hybridized carbons (Fsp3) is 0.609. The number of aromatic nitrogens is 1. The number of thiazole rings is 1. The molecule has 1 aromatic carbocycles. The van der Waals surface area contributed by atoms with Crippen molar-refractivity contribution in [3.8, 4) is 5.75 Å². The molecule has 2 aromatic rings. The van der Waals surface area contributed by atoms with Crippen LogP contribution in [0.3, 0.4) is 0 Å². The van der Waals surface area contributed by atoms with Crippen molar-refractivity contribution in [2.24, 2.45) is 0 Å². The average Bonchev–Trinajstić information content (AvgIpc) is 3.16. The van der Waals surface area contributed by atoms with E-state index >= 15 is 0 Å². The van der Waals surface area contributed by atoms with Gasteiger partial charge in [-0.05, 0) is 44.4 Å². The first-order valence-electron chi connectivity index (χ1n) is 11.3. The van der Waals surface area contributed by atoms with E-state index in [9.17, 15) is 0 Å². The predicted octanol–water partition coefficient (Wildman–Crippen LogP) is 3.13. The van der Waals surface area contributed by atoms with Crippen LogP contribution in [-0.4, -0.2) is 73.7 Å². The lowest BCUT2D eigenvalue weighted by Gasteiger charge is -2.39. The third-order valence-corrected chi connectivity index (χ3v) is 7.41. The summed E-state index contributed by atoms with van der Waals surface area (Å²) in [5.41, 5.74) is 8.41. The van der Waals surface area contributed by atoms with E-state index in [1.54, 1.807) is 18.4 Å². The fourth-order valence-corrected chi connectivity index (χ4v) is 5.78. The molecule has 0 unspecified atom stereocenters. The number of hydrogen-bond donors (Lipinski definition) is 1. The molecule has 1 fully saturated rings. The quantitative estimate of drug-likeness (QED) is 0.696. The van der Waals surface area contributed by atoms with Crippen molar-refractivity contribution < 1.29 is 4.74 Å². The molecular weight excluding hydrogens is 394 g/mol. The fourth-order valence-electron chi connectivity index (χ4n) is 4.83. The van der Waals surface area contributed by atoms with Gasteiger partial charge in [0.2, 0.25) is 0 Å². The van der Waals surface area contributed by atoms with E-state index in [1.165, 1.54) is 35.6 Å². The molecule has 0 bridgehead atoms. The Morgan fingerprint density at radius 2 is 2.00 bits per heavy atom. The third kappa shape index (κ3) is 4.90. The van der Waals surface area contributed by atoms with E-state index in [0.29, 0.717) is 6.04 Å². The number of nitrogens with two attached hydrogens (primary N) is 1. The zero-order chi connectivity index (χ0) is 20.9. The lowest BCUT2D eigenvalue weighted by atomic mass is 9.96. The van der Waals surface area contributed by atoms with E-state index in [0.717, 1.165) is 63.0 Å². The molecule has 1 aliphatic carbocycles. The topological polar surface area (TPSA) is 57.9 Å². The second kappa shape index (κ2) is 9.98. The van der Waals surface area contributed by atoms with Gasteiger partial charge in [0.15, 0.2) is 5.13 Å². The number of para-hydroxylation sites is 2. The Bertz CT molecular complexity index is 818. The van der Waals surface area contributed by atoms with Crippen LogP contribution in [0.5, 0.6) is 5.75 Å². The lowest BCUT2D eigenvalue weighted by Crippen LogP contribution is -2.50. The van der Waals surface area contributed by atoms with Gasteiger partial charge in [0, 0.05) is 50.2 Å². The summed E-state index contributed by atoms with van der Waals surface area (Å²) in [6, 6.07) is 8.99. The molecule has 0 spiro atoms. The normalized spacial score (nSPS) is 19.8. The van der Waals surface area contributed by atoms with Crippen LogP contribution in [0.25, 0.3) is 0 Å². The van der Waals surface area contributed by atoms with E-state index < -0.39 is 0 Å². The molecule has 1 atom stereocenters. The molecule has 4 rings (SSSR count). The molecule has 0 amide bonds. The largest absolute Gasteiger partial charge is 0.495 e. The van der Waals surface area contributed by atoms with E-state index in [1.807, 2.05) is 6.07 Å². The maximum Gasteiger partial charge on any atom is 0.180 e. The Kier molecular flexibility index (Phi) is 7.12. The Hall–Kier alpha value is -1.83. The molecule has 2 N–H and O–H groups in total. The summed E-state index contributed by atoms with van der Waals surface area (Å²) in [7, 11) is 1.76. The number of aryl methyl sites for hydroxylation is 1. The predicted molar refractivity (Wildman–Crippen MR) is 126 cm³/mol. The molecule has 2 aliphatic rings. The van der Waals surface area contributed by atoms with Crippen LogP contribution in [-0.2, 0) is 12.8 Å². The summed E-state index contributed by atoms with van der Waals surface area (Å²) in [6.45, 7) is 10.1. The first-order valence-corrected chi connectivity index (χ1v) is 12.1. The highest BCUT2D eigenvalue weighted by atomic mass is 32.1. The van der Waals surface area contributed by atoms with Crippen molar-refractivity contribution in [2.45, 2.75) is 38.6 Å². The first-order chi connectivity index (χ1) is 14.7. The number of piperazine rings is 1. The van der Waals surface area contributed by atoms with Gasteiger partial charge in [-0.1, -0.05) is 19.1 Å². The van der Waals surface area contributed by atoms with Gasteiger partial charge in [-0.15, -0.1) is 11.3 Å². The standard InChI is InChI=1S/C23H35N5OS/c1-3-10-27(18-8-9-19-22(17-18)30-23(24)25-19)14-11-26-12-15-28(16-13-26)20-6-4-5-7-21(20)29-2/h4-7,18H,3,8-17H2,1-2H3,(H2,24,25)/t18-/m0/s1. The Morgan fingerprint density at radius 1 is 1.20 bits per heavy atom. The van der Waals surface area contributed by atoms with Crippen molar-refractivity contribution in [3.05, 3.63) is 34.8 Å². The number of benzene rings is 1. The third-order valence-electron chi connectivity index (χ3n) is 6.46. The van der Waals surface area contributed by atoms with Gasteiger partial charge < -0.3 is 15.4 Å². The number of rotatable bonds is 8. The summed E-state index contributed by atoms with van der Waals surface area (Å²) in [5.74, 6) is 0.973. The minimum atomic E-state index is 0.632. The summed E-state index contributed by atoms with van der Waals surface area (Å²) < 4.78 is 5.55. The number of methoxy groups -OCH3 is 1. The van der Waals surface area contributed by atoms with Crippen LogP contribution >= 0.6 is 11.3 Å². The van der Waals surface area contributed by atoms with Crippen LogP contribution in [0.1, 0.15) is 30.3 Å². The van der Waals surface area contributed by atoms with Crippen molar-refractivity contribution in [3.63, 3.8) is 0 Å². The minimum absolute atomic E-state index is 0.632. The highest BCUT2D eigenvalue weighted by Gasteiger charge is 2.27. The number of ether oxygens (including phenoxy) is 1. The molecule has 1 aliphatic heterocycles. The molecule has 0 saturated carbocycles. The van der Waals surface area contributed by atoms with Gasteiger partial charge in [-0.3, -0.25) is 9.80 Å². The average molecular weight is 430 g/mol. The van der Waals surface area contributed by atoms with Gasteiger partial charge in [-0.25, -0.2) is 4.98 Å². The smallest absolute Gasteiger partial charge is 0.180 e. The zero-order valence-electron chi connectivity index (χ0n) is 18.3. The number of fused-ring (bicyclic) bond motifs is 1. The molecule has 0 radical (unpaired) electrons. The number of nitrogens with zero attached hydrogens (tertiary/aromatic N) is 4. The van der Waals surface area contributed by atoms with Gasteiger partial charge in [-0.2, -0.15) is 0 Å². The van der Waals surface area contributed by atoms with E-state index in [4.69, 9.17) is 10.5 Å². The number of anilines is 2. The molecule has 1 aromatic heterocycles. The molecule has 7 heteroatoms. The molecule has 2 heterocycles. The van der Waals surface area contributed by atoms with Gasteiger partial charge >= 0.3 is 0 Å². The van der Waals surface area contributed by atoms with Crippen LogP contribution in [0.15, 0.2) is 24.3 Å². The number of hydrogen-bond acceptors (Lipinski definition) is 7. The van der Waals surface area contributed by atoms with Crippen molar-refractivity contribution in [1.29, 1.82) is 0 Å².